The number of nitrogens with two attached hydrogens (primary N) is 1. The van der Waals surface area contributed by atoms with Crippen molar-refractivity contribution >= 4 is 29.1 Å². The monoisotopic (exact) mass is 209 g/mol. The molecule has 0 radical (unpaired) electrons. The highest BCUT2D eigenvalue weighted by atomic mass is 32.1. The molecular weight excluding hydrogens is 198 g/mol. The molecule has 0 spiro atoms. The van der Waals surface area contributed by atoms with Crippen molar-refractivity contribution in [3.8, 4) is 0 Å². The zero-order valence-electron chi connectivity index (χ0n) is 7.70. The van der Waals surface area contributed by atoms with E-state index in [2.05, 4.69) is 10.1 Å². The number of thiocarbonyl (C=S) groups is 1. The lowest BCUT2D eigenvalue weighted by atomic mass is 10.2. The maximum atomic E-state index is 6.85. The molecular formula is C9H11N3OS. The van der Waals surface area contributed by atoms with E-state index in [4.69, 9.17) is 23.4 Å². The first-order valence-electron chi connectivity index (χ1n) is 3.97. The van der Waals surface area contributed by atoms with Crippen molar-refractivity contribution in [2.24, 2.45) is 5.73 Å². The SMILES string of the molecule is Cc1ccc(NC(=S)OC(=N)N)cc1. The van der Waals surface area contributed by atoms with E-state index in [0.717, 1.165) is 11.3 Å². The van der Waals surface area contributed by atoms with Crippen LogP contribution in [0.4, 0.5) is 5.69 Å². The van der Waals surface area contributed by atoms with E-state index in [1.807, 2.05) is 31.2 Å². The zero-order chi connectivity index (χ0) is 10.6. The Labute approximate surface area is 87.6 Å². The number of rotatable bonds is 1. The first kappa shape index (κ1) is 10.5. The summed E-state index contributed by atoms with van der Waals surface area (Å²) in [5, 5.41) is 9.71. The van der Waals surface area contributed by atoms with Crippen molar-refractivity contribution < 1.29 is 4.74 Å². The van der Waals surface area contributed by atoms with Crippen LogP contribution in [0, 0.1) is 12.3 Å². The second kappa shape index (κ2) is 4.57. The summed E-state index contributed by atoms with van der Waals surface area (Å²) in [7, 11) is 0. The number of ether oxygens (including phenoxy) is 1. The van der Waals surface area contributed by atoms with Gasteiger partial charge >= 0.3 is 0 Å². The number of hydrogen-bond donors (Lipinski definition) is 3. The molecule has 0 saturated carbocycles. The van der Waals surface area contributed by atoms with E-state index in [9.17, 15) is 0 Å². The molecule has 0 amide bonds. The van der Waals surface area contributed by atoms with Gasteiger partial charge in [0.15, 0.2) is 0 Å². The van der Waals surface area contributed by atoms with Crippen molar-refractivity contribution in [2.45, 2.75) is 6.92 Å². The highest BCUT2D eigenvalue weighted by Gasteiger charge is 1.99. The van der Waals surface area contributed by atoms with Gasteiger partial charge in [-0.3, -0.25) is 5.41 Å². The van der Waals surface area contributed by atoms with Crippen LogP contribution in [0.15, 0.2) is 24.3 Å². The Hall–Kier alpha value is -1.62. The molecule has 1 aromatic rings. The fourth-order valence-electron chi connectivity index (χ4n) is 0.880. The highest BCUT2D eigenvalue weighted by Crippen LogP contribution is 2.08. The molecule has 0 unspecified atom stereocenters. The summed E-state index contributed by atoms with van der Waals surface area (Å²) in [4.78, 5) is 0. The number of anilines is 1. The Morgan fingerprint density at radius 1 is 1.43 bits per heavy atom. The third kappa shape index (κ3) is 3.40. The van der Waals surface area contributed by atoms with Crippen molar-refractivity contribution in [3.05, 3.63) is 29.8 Å². The summed E-state index contributed by atoms with van der Waals surface area (Å²) in [6.45, 7) is 1.99. The van der Waals surface area contributed by atoms with Crippen molar-refractivity contribution in [1.29, 1.82) is 5.41 Å². The average molecular weight is 209 g/mol. The van der Waals surface area contributed by atoms with Crippen LogP contribution in [0.5, 0.6) is 0 Å². The summed E-state index contributed by atoms with van der Waals surface area (Å²) in [6, 6.07) is 7.20. The minimum atomic E-state index is -0.422. The largest absolute Gasteiger partial charge is 0.399 e. The van der Waals surface area contributed by atoms with Crippen LogP contribution in [0.1, 0.15) is 5.56 Å². The second-order valence-corrected chi connectivity index (χ2v) is 3.12. The van der Waals surface area contributed by atoms with Gasteiger partial charge < -0.3 is 15.8 Å². The fraction of sp³-hybridized carbons (Fsp3) is 0.111. The number of hydrogen-bond acceptors (Lipinski definition) is 3. The van der Waals surface area contributed by atoms with Gasteiger partial charge in [-0.25, -0.2) is 0 Å². The van der Waals surface area contributed by atoms with Gasteiger partial charge in [0.25, 0.3) is 11.2 Å². The van der Waals surface area contributed by atoms with E-state index in [1.165, 1.54) is 0 Å². The van der Waals surface area contributed by atoms with E-state index < -0.39 is 6.02 Å². The molecule has 0 saturated heterocycles. The van der Waals surface area contributed by atoms with Crippen molar-refractivity contribution in [2.75, 3.05) is 5.32 Å². The molecule has 0 aliphatic rings. The Kier molecular flexibility index (Phi) is 3.41. The molecule has 0 atom stereocenters. The molecule has 4 nitrogen and oxygen atoms in total. The standard InChI is InChI=1S/C9H11N3OS/c1-6-2-4-7(5-3-6)12-9(14)13-8(10)11/h2-5H,1H3,(H3,10,11)(H,12,14). The lowest BCUT2D eigenvalue weighted by Crippen LogP contribution is -2.23. The lowest BCUT2D eigenvalue weighted by Gasteiger charge is -2.07. The molecule has 1 rings (SSSR count). The third-order valence-corrected chi connectivity index (χ3v) is 1.69. The molecule has 14 heavy (non-hydrogen) atoms. The molecule has 74 valence electrons. The Morgan fingerprint density at radius 3 is 2.50 bits per heavy atom. The second-order valence-electron chi connectivity index (χ2n) is 2.74. The van der Waals surface area contributed by atoms with Gasteiger partial charge in [-0.2, -0.15) is 0 Å². The predicted molar refractivity (Wildman–Crippen MR) is 60.4 cm³/mol. The van der Waals surface area contributed by atoms with Crippen LogP contribution in [0.25, 0.3) is 0 Å². The molecule has 5 heteroatoms. The molecule has 0 aliphatic heterocycles. The van der Waals surface area contributed by atoms with Crippen LogP contribution < -0.4 is 11.1 Å². The quantitative estimate of drug-likeness (QED) is 0.373. The minimum absolute atomic E-state index is 0.0707. The first-order valence-corrected chi connectivity index (χ1v) is 4.38. The molecule has 1 aromatic carbocycles. The molecule has 4 N–H and O–H groups in total. The van der Waals surface area contributed by atoms with E-state index >= 15 is 0 Å². The van der Waals surface area contributed by atoms with Gasteiger partial charge in [-0.05, 0) is 31.3 Å². The topological polar surface area (TPSA) is 71.1 Å². The summed E-state index contributed by atoms with van der Waals surface area (Å²) in [6.07, 6.45) is 0. The van der Waals surface area contributed by atoms with Gasteiger partial charge in [-0.1, -0.05) is 17.7 Å². The Balaban J connectivity index is 2.56. The van der Waals surface area contributed by atoms with Crippen molar-refractivity contribution in [1.82, 2.24) is 0 Å². The van der Waals surface area contributed by atoms with Gasteiger partial charge in [-0.15, -0.1) is 0 Å². The van der Waals surface area contributed by atoms with Crippen LogP contribution >= 0.6 is 12.2 Å². The maximum Gasteiger partial charge on any atom is 0.286 e. The summed E-state index contributed by atoms with van der Waals surface area (Å²) >= 11 is 4.79. The normalized spacial score (nSPS) is 9.21. The third-order valence-electron chi connectivity index (χ3n) is 1.50. The van der Waals surface area contributed by atoms with Gasteiger partial charge in [0.2, 0.25) is 0 Å². The smallest absolute Gasteiger partial charge is 0.286 e. The molecule has 0 aliphatic carbocycles. The number of aryl methyl sites for hydroxylation is 1. The van der Waals surface area contributed by atoms with Crippen molar-refractivity contribution in [3.63, 3.8) is 0 Å². The molecule has 0 heterocycles. The lowest BCUT2D eigenvalue weighted by molar-refractivity contribution is 0.543. The summed E-state index contributed by atoms with van der Waals surface area (Å²) in [5.41, 5.74) is 6.97. The summed E-state index contributed by atoms with van der Waals surface area (Å²) < 4.78 is 4.67. The first-order chi connectivity index (χ1) is 6.58. The number of amidine groups is 1. The zero-order valence-corrected chi connectivity index (χ0v) is 8.52. The van der Waals surface area contributed by atoms with Crippen LogP contribution in [-0.4, -0.2) is 11.2 Å². The number of nitrogens with one attached hydrogen (secondary N) is 2. The van der Waals surface area contributed by atoms with Gasteiger partial charge in [0, 0.05) is 5.69 Å². The predicted octanol–water partition coefficient (Wildman–Crippen LogP) is 1.60. The number of benzene rings is 1. The maximum absolute atomic E-state index is 6.85. The molecule has 0 bridgehead atoms. The van der Waals surface area contributed by atoms with E-state index in [0.29, 0.717) is 0 Å². The van der Waals surface area contributed by atoms with Crippen LogP contribution in [0.2, 0.25) is 0 Å². The van der Waals surface area contributed by atoms with Crippen LogP contribution in [0.3, 0.4) is 0 Å². The minimum Gasteiger partial charge on any atom is -0.399 e. The van der Waals surface area contributed by atoms with E-state index in [-0.39, 0.29) is 5.17 Å². The highest BCUT2D eigenvalue weighted by molar-refractivity contribution is 7.80. The van der Waals surface area contributed by atoms with Gasteiger partial charge in [0.1, 0.15) is 0 Å². The Bertz CT molecular complexity index is 348. The fourth-order valence-corrected chi connectivity index (χ4v) is 1.09. The van der Waals surface area contributed by atoms with Gasteiger partial charge in [0.05, 0.1) is 0 Å². The molecule has 0 aromatic heterocycles. The Morgan fingerprint density at radius 2 is 2.00 bits per heavy atom. The molecule has 0 fully saturated rings. The van der Waals surface area contributed by atoms with E-state index in [1.54, 1.807) is 0 Å². The average Bonchev–Trinajstić information content (AvgIpc) is 2.07. The summed E-state index contributed by atoms with van der Waals surface area (Å²) in [5.74, 6) is 0. The van der Waals surface area contributed by atoms with Crippen LogP contribution in [-0.2, 0) is 4.74 Å².